The summed E-state index contributed by atoms with van der Waals surface area (Å²) in [4.78, 5) is 11.0. The third-order valence-corrected chi connectivity index (χ3v) is 2.05. The summed E-state index contributed by atoms with van der Waals surface area (Å²) in [5.41, 5.74) is 10.9. The van der Waals surface area contributed by atoms with Gasteiger partial charge in [0.2, 0.25) is 5.91 Å². The van der Waals surface area contributed by atoms with Crippen LogP contribution >= 0.6 is 0 Å². The molecule has 4 N–H and O–H groups in total. The zero-order valence-corrected chi connectivity index (χ0v) is 9.23. The van der Waals surface area contributed by atoms with Crippen LogP contribution in [0.4, 0.5) is 0 Å². The summed E-state index contributed by atoms with van der Waals surface area (Å²) < 4.78 is 10.5. The molecular formula is C11H16N2O3. The van der Waals surface area contributed by atoms with Crippen LogP contribution in [0.15, 0.2) is 18.2 Å². The summed E-state index contributed by atoms with van der Waals surface area (Å²) in [6, 6.07) is 4.82. The molecule has 0 aliphatic carbocycles. The largest absolute Gasteiger partial charge is 0.493 e. The number of hydrogen-bond acceptors (Lipinski definition) is 4. The highest BCUT2D eigenvalue weighted by Crippen LogP contribution is 2.27. The lowest BCUT2D eigenvalue weighted by Crippen LogP contribution is -2.11. The predicted octanol–water partition coefficient (Wildman–Crippen LogP) is 0.522. The zero-order chi connectivity index (χ0) is 12.0. The lowest BCUT2D eigenvalue weighted by molar-refractivity contribution is 0.1000. The van der Waals surface area contributed by atoms with Gasteiger partial charge in [0.25, 0.3) is 0 Å². The number of methoxy groups -OCH3 is 1. The number of carbonyl (C=O) groups is 1. The first-order valence-corrected chi connectivity index (χ1v) is 4.99. The highest BCUT2D eigenvalue weighted by Gasteiger charge is 2.08. The van der Waals surface area contributed by atoms with Crippen molar-refractivity contribution >= 4 is 5.91 Å². The molecule has 0 aliphatic rings. The summed E-state index contributed by atoms with van der Waals surface area (Å²) in [6.07, 6.45) is 0.765. The van der Waals surface area contributed by atoms with Gasteiger partial charge < -0.3 is 20.9 Å². The average molecular weight is 224 g/mol. The molecule has 0 bridgehead atoms. The van der Waals surface area contributed by atoms with Crippen LogP contribution in [0.1, 0.15) is 16.8 Å². The second-order valence-corrected chi connectivity index (χ2v) is 3.22. The van der Waals surface area contributed by atoms with Crippen LogP contribution in [-0.4, -0.2) is 26.2 Å². The Labute approximate surface area is 94.3 Å². The molecule has 88 valence electrons. The maximum atomic E-state index is 11.0. The second-order valence-electron chi connectivity index (χ2n) is 3.22. The van der Waals surface area contributed by atoms with E-state index in [4.69, 9.17) is 20.9 Å². The normalized spacial score (nSPS) is 9.88. The molecule has 0 heterocycles. The lowest BCUT2D eigenvalue weighted by atomic mass is 10.2. The highest BCUT2D eigenvalue weighted by atomic mass is 16.5. The van der Waals surface area contributed by atoms with Crippen LogP contribution in [0.5, 0.6) is 11.5 Å². The fourth-order valence-electron chi connectivity index (χ4n) is 1.21. The molecule has 0 spiro atoms. The molecule has 1 aromatic rings. The van der Waals surface area contributed by atoms with Gasteiger partial charge in [-0.1, -0.05) is 0 Å². The SMILES string of the molecule is COc1cc(C(N)=O)ccc1OCCCN. The van der Waals surface area contributed by atoms with Crippen molar-refractivity contribution in [3.63, 3.8) is 0 Å². The topological polar surface area (TPSA) is 87.6 Å². The van der Waals surface area contributed by atoms with E-state index >= 15 is 0 Å². The van der Waals surface area contributed by atoms with Crippen molar-refractivity contribution in [1.82, 2.24) is 0 Å². The molecule has 0 unspecified atom stereocenters. The van der Waals surface area contributed by atoms with E-state index in [1.54, 1.807) is 18.2 Å². The minimum Gasteiger partial charge on any atom is -0.493 e. The molecule has 0 atom stereocenters. The molecule has 5 nitrogen and oxygen atoms in total. The van der Waals surface area contributed by atoms with E-state index in [-0.39, 0.29) is 0 Å². The van der Waals surface area contributed by atoms with E-state index in [2.05, 4.69) is 0 Å². The van der Waals surface area contributed by atoms with E-state index in [1.165, 1.54) is 7.11 Å². The number of primary amides is 1. The van der Waals surface area contributed by atoms with Crippen LogP contribution in [0.25, 0.3) is 0 Å². The second kappa shape index (κ2) is 5.97. The van der Waals surface area contributed by atoms with Crippen molar-refractivity contribution < 1.29 is 14.3 Å². The molecule has 1 aromatic carbocycles. The molecular weight excluding hydrogens is 208 g/mol. The molecule has 1 rings (SSSR count). The molecule has 0 radical (unpaired) electrons. The smallest absolute Gasteiger partial charge is 0.248 e. The fraction of sp³-hybridized carbons (Fsp3) is 0.364. The highest BCUT2D eigenvalue weighted by molar-refractivity contribution is 5.93. The first-order valence-electron chi connectivity index (χ1n) is 4.99. The molecule has 0 saturated carbocycles. The standard InChI is InChI=1S/C11H16N2O3/c1-15-10-7-8(11(13)14)3-4-9(10)16-6-2-5-12/h3-4,7H,2,5-6,12H2,1H3,(H2,13,14). The summed E-state index contributed by atoms with van der Waals surface area (Å²) >= 11 is 0. The van der Waals surface area contributed by atoms with Crippen molar-refractivity contribution in [2.24, 2.45) is 11.5 Å². The summed E-state index contributed by atoms with van der Waals surface area (Å²) in [6.45, 7) is 1.09. The Bertz CT molecular complexity index is 366. The number of ether oxygens (including phenoxy) is 2. The van der Waals surface area contributed by atoms with Gasteiger partial charge in [0.15, 0.2) is 11.5 Å². The number of benzene rings is 1. The maximum Gasteiger partial charge on any atom is 0.248 e. The third kappa shape index (κ3) is 3.13. The number of nitrogens with two attached hydrogens (primary N) is 2. The molecule has 1 amide bonds. The number of carbonyl (C=O) groups excluding carboxylic acids is 1. The lowest BCUT2D eigenvalue weighted by Gasteiger charge is -2.10. The first kappa shape index (κ1) is 12.3. The van der Waals surface area contributed by atoms with Crippen molar-refractivity contribution in [1.29, 1.82) is 0 Å². The van der Waals surface area contributed by atoms with Crippen molar-refractivity contribution in [2.45, 2.75) is 6.42 Å². The molecule has 16 heavy (non-hydrogen) atoms. The molecule has 5 heteroatoms. The van der Waals surface area contributed by atoms with Gasteiger partial charge in [-0.3, -0.25) is 4.79 Å². The zero-order valence-electron chi connectivity index (χ0n) is 9.23. The van der Waals surface area contributed by atoms with E-state index in [1.807, 2.05) is 0 Å². The van der Waals surface area contributed by atoms with Gasteiger partial charge in [-0.25, -0.2) is 0 Å². The van der Waals surface area contributed by atoms with Gasteiger partial charge in [0.05, 0.1) is 13.7 Å². The molecule has 0 fully saturated rings. The van der Waals surface area contributed by atoms with Gasteiger partial charge in [-0.05, 0) is 31.2 Å². The Morgan fingerprint density at radius 3 is 2.69 bits per heavy atom. The monoisotopic (exact) mass is 224 g/mol. The van der Waals surface area contributed by atoms with Crippen molar-refractivity contribution in [3.8, 4) is 11.5 Å². The van der Waals surface area contributed by atoms with Gasteiger partial charge in [-0.15, -0.1) is 0 Å². The molecule has 0 aliphatic heterocycles. The number of amides is 1. The third-order valence-electron chi connectivity index (χ3n) is 2.05. The Balaban J connectivity index is 2.80. The van der Waals surface area contributed by atoms with Crippen LogP contribution in [0.2, 0.25) is 0 Å². The van der Waals surface area contributed by atoms with Gasteiger partial charge in [0, 0.05) is 5.56 Å². The van der Waals surface area contributed by atoms with E-state index in [0.717, 1.165) is 6.42 Å². The van der Waals surface area contributed by atoms with E-state index < -0.39 is 5.91 Å². The van der Waals surface area contributed by atoms with Gasteiger partial charge in [-0.2, -0.15) is 0 Å². The summed E-state index contributed by atoms with van der Waals surface area (Å²) in [7, 11) is 1.51. The van der Waals surface area contributed by atoms with Crippen LogP contribution < -0.4 is 20.9 Å². The summed E-state index contributed by atoms with van der Waals surface area (Å²) in [5, 5.41) is 0. The number of hydrogen-bond donors (Lipinski definition) is 2. The Morgan fingerprint density at radius 1 is 1.38 bits per heavy atom. The quantitative estimate of drug-likeness (QED) is 0.689. The summed E-state index contributed by atoms with van der Waals surface area (Å²) in [5.74, 6) is 0.584. The maximum absolute atomic E-state index is 11.0. The Kier molecular flexibility index (Phi) is 4.60. The van der Waals surface area contributed by atoms with E-state index in [9.17, 15) is 4.79 Å². The predicted molar refractivity (Wildman–Crippen MR) is 60.7 cm³/mol. The van der Waals surface area contributed by atoms with E-state index in [0.29, 0.717) is 30.2 Å². The van der Waals surface area contributed by atoms with Crippen LogP contribution in [-0.2, 0) is 0 Å². The fourth-order valence-corrected chi connectivity index (χ4v) is 1.21. The van der Waals surface area contributed by atoms with Gasteiger partial charge >= 0.3 is 0 Å². The average Bonchev–Trinajstić information content (AvgIpc) is 2.29. The first-order chi connectivity index (χ1) is 7.69. The Hall–Kier alpha value is -1.75. The minimum absolute atomic E-state index is 0.392. The molecule has 0 saturated heterocycles. The van der Waals surface area contributed by atoms with Crippen LogP contribution in [0.3, 0.4) is 0 Å². The van der Waals surface area contributed by atoms with Crippen molar-refractivity contribution in [2.75, 3.05) is 20.3 Å². The van der Waals surface area contributed by atoms with Crippen molar-refractivity contribution in [3.05, 3.63) is 23.8 Å². The van der Waals surface area contributed by atoms with Crippen LogP contribution in [0, 0.1) is 0 Å². The van der Waals surface area contributed by atoms with Gasteiger partial charge in [0.1, 0.15) is 0 Å². The Morgan fingerprint density at radius 2 is 2.12 bits per heavy atom. The number of rotatable bonds is 6. The molecule has 0 aromatic heterocycles. The minimum atomic E-state index is -0.494.